The highest BCUT2D eigenvalue weighted by Crippen LogP contribution is 2.41. The van der Waals surface area contributed by atoms with Gasteiger partial charge in [0, 0.05) is 19.6 Å². The second-order valence-electron chi connectivity index (χ2n) is 4.70. The van der Waals surface area contributed by atoms with E-state index in [0.717, 1.165) is 18.5 Å². The maximum Gasteiger partial charge on any atom is 0.271 e. The highest BCUT2D eigenvalue weighted by atomic mass is 16.5. The molecule has 94 valence electrons. The van der Waals surface area contributed by atoms with Gasteiger partial charge in [-0.2, -0.15) is 0 Å². The fourth-order valence-electron chi connectivity index (χ4n) is 2.02. The second kappa shape index (κ2) is 4.83. The van der Waals surface area contributed by atoms with E-state index in [4.69, 9.17) is 10.5 Å². The smallest absolute Gasteiger partial charge is 0.271 e. The lowest BCUT2D eigenvalue weighted by Gasteiger charge is -2.12. The summed E-state index contributed by atoms with van der Waals surface area (Å²) in [4.78, 5) is 11.3. The van der Waals surface area contributed by atoms with Crippen molar-refractivity contribution >= 4 is 5.91 Å². The van der Waals surface area contributed by atoms with Crippen molar-refractivity contribution in [1.82, 2.24) is 15.0 Å². The average molecular weight is 238 g/mol. The molecular weight excluding hydrogens is 220 g/mol. The molecule has 0 bridgehead atoms. The van der Waals surface area contributed by atoms with Crippen LogP contribution in [0.1, 0.15) is 41.9 Å². The Labute approximate surface area is 100 Å². The van der Waals surface area contributed by atoms with Gasteiger partial charge < -0.3 is 10.5 Å². The van der Waals surface area contributed by atoms with Gasteiger partial charge in [-0.25, -0.2) is 4.68 Å². The van der Waals surface area contributed by atoms with Crippen molar-refractivity contribution in [2.24, 2.45) is 11.7 Å². The van der Waals surface area contributed by atoms with E-state index < -0.39 is 5.91 Å². The normalized spacial score (nSPS) is 17.1. The van der Waals surface area contributed by atoms with Crippen LogP contribution in [0.5, 0.6) is 0 Å². The molecule has 0 spiro atoms. The Morgan fingerprint density at radius 1 is 1.65 bits per heavy atom. The van der Waals surface area contributed by atoms with Crippen LogP contribution in [0.2, 0.25) is 0 Å². The van der Waals surface area contributed by atoms with Crippen LogP contribution in [0.15, 0.2) is 0 Å². The first-order valence-electron chi connectivity index (χ1n) is 5.85. The third-order valence-electron chi connectivity index (χ3n) is 2.91. The minimum absolute atomic E-state index is 0.331. The molecule has 17 heavy (non-hydrogen) atoms. The summed E-state index contributed by atoms with van der Waals surface area (Å²) in [5.41, 5.74) is 6.54. The molecule has 6 heteroatoms. The van der Waals surface area contributed by atoms with Crippen LogP contribution < -0.4 is 5.73 Å². The van der Waals surface area contributed by atoms with E-state index in [1.54, 1.807) is 11.8 Å². The SMILES string of the molecule is COCC(C)Cn1nnc(C(N)=O)c1C1CC1. The van der Waals surface area contributed by atoms with Crippen LogP contribution in [0, 0.1) is 5.92 Å². The second-order valence-corrected chi connectivity index (χ2v) is 4.70. The third-order valence-corrected chi connectivity index (χ3v) is 2.91. The lowest BCUT2D eigenvalue weighted by atomic mass is 10.1. The van der Waals surface area contributed by atoms with Crippen LogP contribution in [-0.2, 0) is 11.3 Å². The number of amides is 1. The molecule has 1 aliphatic rings. The van der Waals surface area contributed by atoms with Gasteiger partial charge in [0.1, 0.15) is 0 Å². The van der Waals surface area contributed by atoms with Gasteiger partial charge in [0.05, 0.1) is 12.3 Å². The first-order chi connectivity index (χ1) is 8.13. The highest BCUT2D eigenvalue weighted by molar-refractivity contribution is 5.92. The zero-order chi connectivity index (χ0) is 12.4. The molecule has 0 aliphatic heterocycles. The van der Waals surface area contributed by atoms with Crippen LogP contribution in [0.25, 0.3) is 0 Å². The Morgan fingerprint density at radius 3 is 2.88 bits per heavy atom. The summed E-state index contributed by atoms with van der Waals surface area (Å²) in [6.07, 6.45) is 2.18. The van der Waals surface area contributed by atoms with Gasteiger partial charge in [-0.05, 0) is 18.8 Å². The maximum atomic E-state index is 11.3. The highest BCUT2D eigenvalue weighted by Gasteiger charge is 2.33. The van der Waals surface area contributed by atoms with Gasteiger partial charge in [-0.3, -0.25) is 4.79 Å². The molecule has 1 unspecified atom stereocenters. The third kappa shape index (κ3) is 2.63. The molecule has 1 fully saturated rings. The minimum Gasteiger partial charge on any atom is -0.384 e. The first kappa shape index (κ1) is 12.0. The van der Waals surface area contributed by atoms with Gasteiger partial charge in [0.2, 0.25) is 0 Å². The molecule has 1 aliphatic carbocycles. The number of nitrogens with zero attached hydrogens (tertiary/aromatic N) is 3. The number of hydrogen-bond donors (Lipinski definition) is 1. The van der Waals surface area contributed by atoms with Crippen LogP contribution in [0.3, 0.4) is 0 Å². The largest absolute Gasteiger partial charge is 0.384 e. The topological polar surface area (TPSA) is 83.0 Å². The number of nitrogens with two attached hydrogens (primary N) is 1. The fraction of sp³-hybridized carbons (Fsp3) is 0.727. The molecule has 2 rings (SSSR count). The zero-order valence-electron chi connectivity index (χ0n) is 10.2. The molecule has 1 aromatic rings. The van der Waals surface area contributed by atoms with Crippen molar-refractivity contribution in [3.63, 3.8) is 0 Å². The molecule has 1 heterocycles. The molecule has 1 aromatic heterocycles. The summed E-state index contributed by atoms with van der Waals surface area (Å²) >= 11 is 0. The molecule has 6 nitrogen and oxygen atoms in total. The molecular formula is C11H18N4O2. The van der Waals surface area contributed by atoms with Crippen molar-refractivity contribution in [3.05, 3.63) is 11.4 Å². The van der Waals surface area contributed by atoms with E-state index in [2.05, 4.69) is 17.2 Å². The maximum absolute atomic E-state index is 11.3. The van der Waals surface area contributed by atoms with Crippen LogP contribution in [0.4, 0.5) is 0 Å². The van der Waals surface area contributed by atoms with Gasteiger partial charge in [-0.15, -0.1) is 5.10 Å². The van der Waals surface area contributed by atoms with E-state index in [1.807, 2.05) is 0 Å². The molecule has 1 atom stereocenters. The number of ether oxygens (including phenoxy) is 1. The fourth-order valence-corrected chi connectivity index (χ4v) is 2.02. The standard InChI is InChI=1S/C11H18N4O2/c1-7(6-17-2)5-15-10(8-3-4-8)9(11(12)16)13-14-15/h7-8H,3-6H2,1-2H3,(H2,12,16). The Hall–Kier alpha value is -1.43. The lowest BCUT2D eigenvalue weighted by molar-refractivity contribution is 0.0994. The van der Waals surface area contributed by atoms with E-state index in [-0.39, 0.29) is 0 Å². The molecule has 0 aromatic carbocycles. The molecule has 0 saturated heterocycles. The van der Waals surface area contributed by atoms with Gasteiger partial charge >= 0.3 is 0 Å². The first-order valence-corrected chi connectivity index (χ1v) is 5.85. The zero-order valence-corrected chi connectivity index (χ0v) is 10.2. The van der Waals surface area contributed by atoms with Gasteiger partial charge in [0.15, 0.2) is 5.69 Å². The van der Waals surface area contributed by atoms with Gasteiger partial charge in [0.25, 0.3) is 5.91 Å². The Morgan fingerprint density at radius 2 is 2.35 bits per heavy atom. The number of rotatable bonds is 6. The van der Waals surface area contributed by atoms with E-state index in [1.165, 1.54) is 0 Å². The summed E-state index contributed by atoms with van der Waals surface area (Å²) in [5, 5.41) is 7.92. The number of aromatic nitrogens is 3. The lowest BCUT2D eigenvalue weighted by Crippen LogP contribution is -2.18. The van der Waals surface area contributed by atoms with Gasteiger partial charge in [-0.1, -0.05) is 12.1 Å². The molecule has 1 saturated carbocycles. The average Bonchev–Trinajstić information content (AvgIpc) is 3.00. The Balaban J connectivity index is 2.19. The van der Waals surface area contributed by atoms with Crippen molar-refractivity contribution in [2.75, 3.05) is 13.7 Å². The minimum atomic E-state index is -0.488. The predicted molar refractivity (Wildman–Crippen MR) is 61.6 cm³/mol. The summed E-state index contributed by atoms with van der Waals surface area (Å²) in [6.45, 7) is 3.45. The Bertz CT molecular complexity index is 412. The summed E-state index contributed by atoms with van der Waals surface area (Å²) in [6, 6.07) is 0. The van der Waals surface area contributed by atoms with Crippen LogP contribution >= 0.6 is 0 Å². The Kier molecular flexibility index (Phi) is 3.42. The predicted octanol–water partition coefficient (Wildman–Crippen LogP) is 0.537. The van der Waals surface area contributed by atoms with E-state index in [0.29, 0.717) is 30.7 Å². The van der Waals surface area contributed by atoms with Crippen molar-refractivity contribution < 1.29 is 9.53 Å². The summed E-state index contributed by atoms with van der Waals surface area (Å²) < 4.78 is 6.90. The molecule has 1 amide bonds. The monoisotopic (exact) mass is 238 g/mol. The van der Waals surface area contributed by atoms with Crippen molar-refractivity contribution in [1.29, 1.82) is 0 Å². The quantitative estimate of drug-likeness (QED) is 0.784. The van der Waals surface area contributed by atoms with E-state index >= 15 is 0 Å². The number of methoxy groups -OCH3 is 1. The number of hydrogen-bond acceptors (Lipinski definition) is 4. The van der Waals surface area contributed by atoms with Crippen molar-refractivity contribution in [2.45, 2.75) is 32.2 Å². The molecule has 0 radical (unpaired) electrons. The number of primary amides is 1. The molecule has 2 N–H and O–H groups in total. The summed E-state index contributed by atoms with van der Waals surface area (Å²) in [5.74, 6) is 0.250. The number of carbonyl (C=O) groups is 1. The summed E-state index contributed by atoms with van der Waals surface area (Å²) in [7, 11) is 1.68. The van der Waals surface area contributed by atoms with Crippen molar-refractivity contribution in [3.8, 4) is 0 Å². The van der Waals surface area contributed by atoms with Crippen LogP contribution in [-0.4, -0.2) is 34.6 Å². The van der Waals surface area contributed by atoms with E-state index in [9.17, 15) is 4.79 Å². The number of carbonyl (C=O) groups excluding carboxylic acids is 1.